The van der Waals surface area contributed by atoms with E-state index in [-0.39, 0.29) is 16.0 Å². The number of aliphatic hydroxyl groups is 1. The van der Waals surface area contributed by atoms with E-state index < -0.39 is 21.9 Å². The van der Waals surface area contributed by atoms with Gasteiger partial charge in [0.1, 0.15) is 5.82 Å². The van der Waals surface area contributed by atoms with Gasteiger partial charge in [-0.3, -0.25) is 0 Å². The Bertz CT molecular complexity index is 564. The molecule has 0 bridgehead atoms. The molecule has 0 aliphatic heterocycles. The largest absolute Gasteiger partial charge is 0.393 e. The van der Waals surface area contributed by atoms with Crippen LogP contribution in [0.15, 0.2) is 23.1 Å². The number of halogens is 2. The number of benzene rings is 1. The summed E-state index contributed by atoms with van der Waals surface area (Å²) in [5.41, 5.74) is 0. The van der Waals surface area contributed by atoms with Gasteiger partial charge in [-0.1, -0.05) is 11.6 Å². The molecule has 106 valence electrons. The van der Waals surface area contributed by atoms with Crippen molar-refractivity contribution in [2.45, 2.75) is 42.7 Å². The van der Waals surface area contributed by atoms with Crippen molar-refractivity contribution in [3.8, 4) is 0 Å². The number of aliphatic hydroxyl groups excluding tert-OH is 1. The number of nitrogens with one attached hydrogen (secondary N) is 1. The summed E-state index contributed by atoms with van der Waals surface area (Å²) in [6, 6.07) is 2.98. The highest BCUT2D eigenvalue weighted by Gasteiger charge is 2.25. The topological polar surface area (TPSA) is 66.4 Å². The van der Waals surface area contributed by atoms with E-state index in [1.54, 1.807) is 0 Å². The van der Waals surface area contributed by atoms with Crippen LogP contribution in [0.2, 0.25) is 5.02 Å². The fraction of sp³-hybridized carbons (Fsp3) is 0.500. The molecule has 0 heterocycles. The highest BCUT2D eigenvalue weighted by Crippen LogP contribution is 2.23. The second kappa shape index (κ2) is 5.75. The molecule has 1 aliphatic carbocycles. The predicted molar refractivity (Wildman–Crippen MR) is 70.0 cm³/mol. The Labute approximate surface area is 116 Å². The van der Waals surface area contributed by atoms with Crippen molar-refractivity contribution in [1.29, 1.82) is 0 Å². The Balaban J connectivity index is 2.15. The maximum atomic E-state index is 13.0. The second-order valence-electron chi connectivity index (χ2n) is 4.71. The van der Waals surface area contributed by atoms with E-state index in [9.17, 15) is 17.9 Å². The summed E-state index contributed by atoms with van der Waals surface area (Å²) in [7, 11) is -3.73. The van der Waals surface area contributed by atoms with Gasteiger partial charge in [-0.2, -0.15) is 0 Å². The lowest BCUT2D eigenvalue weighted by Crippen LogP contribution is -2.39. The van der Waals surface area contributed by atoms with Crippen LogP contribution in [-0.2, 0) is 10.0 Å². The standard InChI is InChI=1S/C12H15ClFNO3S/c13-11-7-10(4-5-12(11)14)19(17,18)15-8-2-1-3-9(16)6-8/h4-5,7-9,15-16H,1-3,6H2/t8-,9+/m0/s1. The second-order valence-corrected chi connectivity index (χ2v) is 6.84. The minimum absolute atomic E-state index is 0.0704. The number of rotatable bonds is 3. The molecule has 2 rings (SSSR count). The third-order valence-electron chi connectivity index (χ3n) is 3.17. The van der Waals surface area contributed by atoms with Crippen molar-refractivity contribution in [3.63, 3.8) is 0 Å². The molecule has 7 heteroatoms. The molecule has 0 aromatic heterocycles. The van der Waals surface area contributed by atoms with Gasteiger partial charge in [0.25, 0.3) is 0 Å². The molecule has 19 heavy (non-hydrogen) atoms. The summed E-state index contributed by atoms with van der Waals surface area (Å²) in [6.45, 7) is 0. The molecule has 2 atom stereocenters. The molecule has 1 fully saturated rings. The van der Waals surface area contributed by atoms with Crippen molar-refractivity contribution in [1.82, 2.24) is 4.72 Å². The van der Waals surface area contributed by atoms with E-state index in [1.165, 1.54) is 6.07 Å². The Kier molecular flexibility index (Phi) is 4.45. The summed E-state index contributed by atoms with van der Waals surface area (Å²) in [5, 5.41) is 9.29. The lowest BCUT2D eigenvalue weighted by molar-refractivity contribution is 0.117. The first-order chi connectivity index (χ1) is 8.88. The third-order valence-corrected chi connectivity index (χ3v) is 4.98. The Hall–Kier alpha value is -0.690. The summed E-state index contributed by atoms with van der Waals surface area (Å²) in [6.07, 6.45) is 2.08. The fourth-order valence-corrected chi connectivity index (χ4v) is 3.76. The molecule has 1 aliphatic rings. The minimum Gasteiger partial charge on any atom is -0.393 e. The van der Waals surface area contributed by atoms with E-state index in [0.717, 1.165) is 18.6 Å². The smallest absolute Gasteiger partial charge is 0.240 e. The lowest BCUT2D eigenvalue weighted by Gasteiger charge is -2.26. The summed E-state index contributed by atoms with van der Waals surface area (Å²) in [4.78, 5) is -0.0704. The van der Waals surface area contributed by atoms with E-state index in [1.807, 2.05) is 0 Å². The molecular formula is C12H15ClFNO3S. The molecule has 0 spiro atoms. The van der Waals surface area contributed by atoms with Crippen LogP contribution in [-0.4, -0.2) is 25.7 Å². The van der Waals surface area contributed by atoms with Gasteiger partial charge < -0.3 is 5.11 Å². The van der Waals surface area contributed by atoms with Crippen LogP contribution in [0.5, 0.6) is 0 Å². The monoisotopic (exact) mass is 307 g/mol. The summed E-state index contributed by atoms with van der Waals surface area (Å²) < 4.78 is 39.7. The van der Waals surface area contributed by atoms with Crippen LogP contribution in [0.4, 0.5) is 4.39 Å². The van der Waals surface area contributed by atoms with Gasteiger partial charge in [0.15, 0.2) is 0 Å². The number of hydrogen-bond acceptors (Lipinski definition) is 3. The normalized spacial score (nSPS) is 24.4. The maximum absolute atomic E-state index is 13.0. The average Bonchev–Trinajstić information content (AvgIpc) is 2.32. The van der Waals surface area contributed by atoms with E-state index >= 15 is 0 Å². The number of hydrogen-bond donors (Lipinski definition) is 2. The average molecular weight is 308 g/mol. The van der Waals surface area contributed by atoms with Gasteiger partial charge in [-0.25, -0.2) is 17.5 Å². The van der Waals surface area contributed by atoms with E-state index in [2.05, 4.69) is 4.72 Å². The number of sulfonamides is 1. The quantitative estimate of drug-likeness (QED) is 0.898. The maximum Gasteiger partial charge on any atom is 0.240 e. The molecule has 4 nitrogen and oxygen atoms in total. The lowest BCUT2D eigenvalue weighted by atomic mass is 9.94. The molecular weight excluding hydrogens is 293 g/mol. The van der Waals surface area contributed by atoms with E-state index in [4.69, 9.17) is 11.6 Å². The van der Waals surface area contributed by atoms with Crippen LogP contribution < -0.4 is 4.72 Å². The zero-order valence-corrected chi connectivity index (χ0v) is 11.7. The van der Waals surface area contributed by atoms with Gasteiger partial charge in [0, 0.05) is 6.04 Å². The van der Waals surface area contributed by atoms with E-state index in [0.29, 0.717) is 19.3 Å². The Morgan fingerprint density at radius 3 is 2.74 bits per heavy atom. The molecule has 1 saturated carbocycles. The van der Waals surface area contributed by atoms with Gasteiger partial charge in [-0.15, -0.1) is 0 Å². The summed E-state index contributed by atoms with van der Waals surface area (Å²) >= 11 is 5.58. The fourth-order valence-electron chi connectivity index (χ4n) is 2.20. The van der Waals surface area contributed by atoms with Gasteiger partial charge >= 0.3 is 0 Å². The highest BCUT2D eigenvalue weighted by molar-refractivity contribution is 7.89. The predicted octanol–water partition coefficient (Wildman–Crippen LogP) is 2.06. The molecule has 1 aromatic carbocycles. The van der Waals surface area contributed by atoms with Crippen molar-refractivity contribution in [2.75, 3.05) is 0 Å². The van der Waals surface area contributed by atoms with Crippen LogP contribution in [0.25, 0.3) is 0 Å². The summed E-state index contributed by atoms with van der Waals surface area (Å²) in [5.74, 6) is -0.659. The molecule has 0 unspecified atom stereocenters. The zero-order valence-electron chi connectivity index (χ0n) is 10.1. The minimum atomic E-state index is -3.73. The van der Waals surface area contributed by atoms with Crippen molar-refractivity contribution in [2.24, 2.45) is 0 Å². The molecule has 1 aromatic rings. The first kappa shape index (κ1) is 14.7. The van der Waals surface area contributed by atoms with Crippen LogP contribution in [0.3, 0.4) is 0 Å². The van der Waals surface area contributed by atoms with Gasteiger partial charge in [0.2, 0.25) is 10.0 Å². The third kappa shape index (κ3) is 3.66. The molecule has 2 N–H and O–H groups in total. The molecule has 0 saturated heterocycles. The zero-order chi connectivity index (χ0) is 14.0. The van der Waals surface area contributed by atoms with Crippen molar-refractivity contribution < 1.29 is 17.9 Å². The first-order valence-electron chi connectivity index (χ1n) is 6.04. The molecule has 0 amide bonds. The van der Waals surface area contributed by atoms with Crippen LogP contribution in [0, 0.1) is 5.82 Å². The Morgan fingerprint density at radius 2 is 2.11 bits per heavy atom. The molecule has 0 radical (unpaired) electrons. The van der Waals surface area contributed by atoms with Crippen LogP contribution in [0.1, 0.15) is 25.7 Å². The van der Waals surface area contributed by atoms with Crippen molar-refractivity contribution >= 4 is 21.6 Å². The Morgan fingerprint density at radius 1 is 1.37 bits per heavy atom. The highest BCUT2D eigenvalue weighted by atomic mass is 35.5. The van der Waals surface area contributed by atoms with Crippen LogP contribution >= 0.6 is 11.6 Å². The van der Waals surface area contributed by atoms with Gasteiger partial charge in [0.05, 0.1) is 16.0 Å². The SMILES string of the molecule is O=S(=O)(N[C@H]1CCC[C@@H](O)C1)c1ccc(F)c(Cl)c1. The van der Waals surface area contributed by atoms with Gasteiger partial charge in [-0.05, 0) is 43.9 Å². The van der Waals surface area contributed by atoms with Crippen molar-refractivity contribution in [3.05, 3.63) is 29.0 Å². The first-order valence-corrected chi connectivity index (χ1v) is 7.90.